The summed E-state index contributed by atoms with van der Waals surface area (Å²) in [5, 5.41) is 0.391. The summed E-state index contributed by atoms with van der Waals surface area (Å²) in [5.41, 5.74) is -1.71. The Morgan fingerprint density at radius 2 is 1.95 bits per heavy atom. The van der Waals surface area contributed by atoms with Crippen LogP contribution >= 0.6 is 17.1 Å². The first-order valence-electron chi connectivity index (χ1n) is 7.58. The number of nitrogens with zero attached hydrogens (tertiary/aromatic N) is 2. The molecule has 0 N–H and O–H groups in total. The number of aryl methyl sites for hydroxylation is 1. The van der Waals surface area contributed by atoms with E-state index in [9.17, 15) is 0 Å². The van der Waals surface area contributed by atoms with Crippen LogP contribution in [-0.4, -0.2) is 21.8 Å². The summed E-state index contributed by atoms with van der Waals surface area (Å²) in [7, 11) is 0. The fourth-order valence-corrected chi connectivity index (χ4v) is 7.45. The summed E-state index contributed by atoms with van der Waals surface area (Å²) < 4.78 is 11.8. The van der Waals surface area contributed by atoms with Crippen molar-refractivity contribution in [2.45, 2.75) is 65.6 Å². The molecule has 1 aromatic rings. The van der Waals surface area contributed by atoms with Crippen molar-refractivity contribution < 1.29 is 9.05 Å². The van der Waals surface area contributed by atoms with Crippen LogP contribution in [0.3, 0.4) is 0 Å². The molecule has 0 aliphatic rings. The molecule has 0 saturated carbocycles. The Hall–Kier alpha value is -0.160. The van der Waals surface area contributed by atoms with Gasteiger partial charge in [0.05, 0.1) is 6.61 Å². The summed E-state index contributed by atoms with van der Waals surface area (Å²) in [6, 6.07) is 1.83. The van der Waals surface area contributed by atoms with Gasteiger partial charge in [-0.3, -0.25) is 0 Å². The fraction of sp³-hybridized carbons (Fsp3) is 0.733. The largest absolute Gasteiger partial charge is 0.418 e. The van der Waals surface area contributed by atoms with Crippen LogP contribution in [0.15, 0.2) is 6.07 Å². The third kappa shape index (κ3) is 6.15. The van der Waals surface area contributed by atoms with Crippen molar-refractivity contribution in [2.24, 2.45) is 0 Å². The Kier molecular flexibility index (Phi) is 7.31. The predicted octanol–water partition coefficient (Wildman–Crippen LogP) is 5.25. The van der Waals surface area contributed by atoms with Crippen molar-refractivity contribution >= 4 is 28.9 Å². The van der Waals surface area contributed by atoms with Gasteiger partial charge in [-0.25, -0.2) is 4.98 Å². The lowest BCUT2D eigenvalue weighted by molar-refractivity contribution is 0.340. The molecule has 0 fully saturated rings. The Balaban J connectivity index is 3.08. The quantitative estimate of drug-likeness (QED) is 0.617. The molecule has 0 aromatic carbocycles. The molecule has 0 bridgehead atoms. The Morgan fingerprint density at radius 3 is 2.45 bits per heavy atom. The number of hydrogen-bond donors (Lipinski definition) is 0. The van der Waals surface area contributed by atoms with Gasteiger partial charge in [0.1, 0.15) is 5.82 Å². The van der Waals surface area contributed by atoms with Gasteiger partial charge in [-0.15, -0.1) is 0 Å². The maximum Gasteiger partial charge on any atom is 0.299 e. The van der Waals surface area contributed by atoms with Crippen molar-refractivity contribution in [2.75, 3.05) is 6.61 Å². The molecule has 1 heterocycles. The molecule has 0 spiro atoms. The number of aromatic nitrogens is 2. The highest BCUT2D eigenvalue weighted by Crippen LogP contribution is 2.62. The molecule has 1 aromatic heterocycles. The minimum Gasteiger partial charge on any atom is -0.418 e. The smallest absolute Gasteiger partial charge is 0.299 e. The Morgan fingerprint density at radius 1 is 1.32 bits per heavy atom. The van der Waals surface area contributed by atoms with Gasteiger partial charge in [0.15, 0.2) is 0 Å². The lowest BCUT2D eigenvalue weighted by Gasteiger charge is -2.24. The van der Waals surface area contributed by atoms with Crippen LogP contribution in [0.25, 0.3) is 0 Å². The monoisotopic (exact) mass is 362 g/mol. The summed E-state index contributed by atoms with van der Waals surface area (Å²) in [6.07, 6.45) is 1.02. The summed E-state index contributed by atoms with van der Waals surface area (Å²) >= 11 is 7.28. The third-order valence-electron chi connectivity index (χ3n) is 2.88. The van der Waals surface area contributed by atoms with E-state index in [0.717, 1.165) is 17.9 Å². The minimum absolute atomic E-state index is 0.137. The third-order valence-corrected chi connectivity index (χ3v) is 8.52. The lowest BCUT2D eigenvalue weighted by Crippen LogP contribution is -2.17. The van der Waals surface area contributed by atoms with Crippen LogP contribution in [0.4, 0.5) is 0 Å². The molecule has 22 heavy (non-hydrogen) atoms. The maximum atomic E-state index is 6.05. The topological polar surface area (TPSA) is 44.2 Å². The van der Waals surface area contributed by atoms with E-state index in [2.05, 4.69) is 44.6 Å². The molecule has 2 unspecified atom stereocenters. The summed E-state index contributed by atoms with van der Waals surface area (Å²) in [4.78, 5) is 9.04. The summed E-state index contributed by atoms with van der Waals surface area (Å²) in [6.45, 7) is 14.9. The molecule has 0 amide bonds. The zero-order valence-electron chi connectivity index (χ0n) is 14.5. The highest BCUT2D eigenvalue weighted by atomic mass is 32.9. The van der Waals surface area contributed by atoms with E-state index in [1.807, 2.05) is 19.9 Å². The van der Waals surface area contributed by atoms with Crippen molar-refractivity contribution in [1.82, 2.24) is 9.97 Å². The number of rotatable bonds is 7. The van der Waals surface area contributed by atoms with Crippen LogP contribution in [0, 0.1) is 6.92 Å². The highest BCUT2D eigenvalue weighted by Gasteiger charge is 2.26. The molecule has 0 aliphatic carbocycles. The van der Waals surface area contributed by atoms with E-state index < -0.39 is 5.69 Å². The zero-order chi connectivity index (χ0) is 17.0. The minimum atomic E-state index is -2.45. The van der Waals surface area contributed by atoms with Crippen molar-refractivity contribution in [3.05, 3.63) is 17.6 Å². The molecule has 4 nitrogen and oxygen atoms in total. The van der Waals surface area contributed by atoms with Crippen molar-refractivity contribution in [3.8, 4) is 5.88 Å². The van der Waals surface area contributed by atoms with E-state index in [1.54, 1.807) is 11.4 Å². The predicted molar refractivity (Wildman–Crippen MR) is 99.4 cm³/mol. The van der Waals surface area contributed by atoms with Gasteiger partial charge < -0.3 is 9.05 Å². The highest BCUT2D eigenvalue weighted by molar-refractivity contribution is 8.68. The van der Waals surface area contributed by atoms with Gasteiger partial charge >= 0.3 is 0 Å². The molecule has 7 heteroatoms. The molecule has 0 saturated heterocycles. The first-order valence-corrected chi connectivity index (χ1v) is 11.7. The van der Waals surface area contributed by atoms with E-state index in [0.29, 0.717) is 17.7 Å². The fourth-order valence-electron chi connectivity index (χ4n) is 1.57. The second-order valence-corrected chi connectivity index (χ2v) is 12.8. The molecule has 126 valence electrons. The second kappa shape index (κ2) is 8.09. The average Bonchev–Trinajstić information content (AvgIpc) is 2.36. The van der Waals surface area contributed by atoms with Gasteiger partial charge in [0, 0.05) is 22.4 Å². The zero-order valence-corrected chi connectivity index (χ0v) is 17.1. The number of hydrogen-bond acceptors (Lipinski definition) is 6. The molecule has 0 aliphatic heterocycles. The van der Waals surface area contributed by atoms with E-state index in [4.69, 9.17) is 20.9 Å². The molecular weight excluding hydrogens is 335 g/mol. The van der Waals surface area contributed by atoms with Crippen LogP contribution in [-0.2, 0) is 21.7 Å². The standard InChI is InChI=1S/C15H27N2O2PS2/c1-8-12(4)22-20(21,18-9-2)19-13-10-11(3)16-14(17-13)15(5,6)7/h10,12H,8-9H2,1-7H3. The molecule has 2 atom stereocenters. The van der Waals surface area contributed by atoms with E-state index in [1.165, 1.54) is 0 Å². The first-order chi connectivity index (χ1) is 10.1. The average molecular weight is 363 g/mol. The van der Waals surface area contributed by atoms with Gasteiger partial charge in [-0.2, -0.15) is 4.98 Å². The first kappa shape index (κ1) is 19.9. The normalized spacial score (nSPS) is 16.1. The molecular formula is C15H27N2O2PS2. The van der Waals surface area contributed by atoms with Crippen molar-refractivity contribution in [3.63, 3.8) is 0 Å². The Labute approximate surface area is 143 Å². The van der Waals surface area contributed by atoms with Crippen LogP contribution in [0.5, 0.6) is 5.88 Å². The van der Waals surface area contributed by atoms with Crippen LogP contribution in [0.1, 0.15) is 59.5 Å². The van der Waals surface area contributed by atoms with E-state index >= 15 is 0 Å². The van der Waals surface area contributed by atoms with E-state index in [-0.39, 0.29) is 5.41 Å². The SMILES string of the molecule is CCOP(=S)(Oc1cc(C)nc(C(C)(C)C)n1)SC(C)CC. The second-order valence-electron chi connectivity index (χ2n) is 6.20. The lowest BCUT2D eigenvalue weighted by atomic mass is 9.96. The molecule has 0 radical (unpaired) electrons. The van der Waals surface area contributed by atoms with Crippen molar-refractivity contribution in [1.29, 1.82) is 0 Å². The van der Waals surface area contributed by atoms with Gasteiger partial charge in [0.25, 0.3) is 5.69 Å². The van der Waals surface area contributed by atoms with Gasteiger partial charge in [-0.05, 0) is 32.1 Å². The van der Waals surface area contributed by atoms with Crippen LogP contribution in [0.2, 0.25) is 0 Å². The van der Waals surface area contributed by atoms with Crippen LogP contribution < -0.4 is 4.52 Å². The summed E-state index contributed by atoms with van der Waals surface area (Å²) in [5.74, 6) is 1.28. The molecule has 1 rings (SSSR count). The van der Waals surface area contributed by atoms with Gasteiger partial charge in [0.2, 0.25) is 5.88 Å². The Bertz CT molecular complexity index is 547. The maximum absolute atomic E-state index is 6.05. The van der Waals surface area contributed by atoms with Gasteiger partial charge in [-0.1, -0.05) is 46.0 Å².